The second-order valence-corrected chi connectivity index (χ2v) is 6.18. The van der Waals surface area contributed by atoms with E-state index >= 15 is 0 Å². The highest BCUT2D eigenvalue weighted by atomic mass is 32.1. The average molecular weight is 323 g/mol. The van der Waals surface area contributed by atoms with Gasteiger partial charge < -0.3 is 4.42 Å². The second-order valence-electron chi connectivity index (χ2n) is 5.34. The van der Waals surface area contributed by atoms with Gasteiger partial charge in [-0.05, 0) is 32.0 Å². The van der Waals surface area contributed by atoms with Crippen LogP contribution in [-0.2, 0) is 0 Å². The molecule has 0 aliphatic heterocycles. The molecule has 5 nitrogen and oxygen atoms in total. The molecule has 0 aliphatic rings. The summed E-state index contributed by atoms with van der Waals surface area (Å²) in [6.07, 6.45) is 0. The van der Waals surface area contributed by atoms with Crippen LogP contribution in [0.5, 0.6) is 0 Å². The van der Waals surface area contributed by atoms with Gasteiger partial charge in [-0.15, -0.1) is 11.3 Å². The Labute approximate surface area is 135 Å². The number of aryl methyl sites for hydroxylation is 2. The first-order valence-corrected chi connectivity index (χ1v) is 8.02. The normalized spacial score (nSPS) is 11.2. The van der Waals surface area contributed by atoms with Crippen molar-refractivity contribution in [2.24, 2.45) is 0 Å². The first kappa shape index (κ1) is 13.9. The summed E-state index contributed by atoms with van der Waals surface area (Å²) >= 11 is 1.45. The molecule has 0 saturated carbocycles. The third kappa shape index (κ3) is 2.37. The van der Waals surface area contributed by atoms with Crippen molar-refractivity contribution < 1.29 is 4.42 Å². The predicted molar refractivity (Wildman–Crippen MR) is 90.2 cm³/mol. The quantitative estimate of drug-likeness (QED) is 0.528. The van der Waals surface area contributed by atoms with Crippen LogP contribution in [0.15, 0.2) is 51.0 Å². The number of para-hydroxylation sites is 1. The van der Waals surface area contributed by atoms with Gasteiger partial charge >= 0.3 is 5.63 Å². The zero-order valence-electron chi connectivity index (χ0n) is 12.6. The van der Waals surface area contributed by atoms with Crippen molar-refractivity contribution in [3.05, 3.63) is 63.6 Å². The molecule has 114 valence electrons. The highest BCUT2D eigenvalue weighted by Gasteiger charge is 2.13. The first-order valence-electron chi connectivity index (χ1n) is 7.14. The molecule has 6 heteroatoms. The second kappa shape index (κ2) is 5.17. The van der Waals surface area contributed by atoms with Gasteiger partial charge in [0, 0.05) is 16.5 Å². The third-order valence-corrected chi connectivity index (χ3v) is 4.42. The Balaban J connectivity index is 1.84. The fourth-order valence-corrected chi connectivity index (χ4v) is 3.38. The molecule has 0 saturated heterocycles. The van der Waals surface area contributed by atoms with Gasteiger partial charge in [-0.2, -0.15) is 5.10 Å². The number of hydrogen-bond acceptors (Lipinski definition) is 5. The molecule has 4 aromatic rings. The Morgan fingerprint density at radius 3 is 2.78 bits per heavy atom. The minimum Gasteiger partial charge on any atom is -0.422 e. The first-order chi connectivity index (χ1) is 11.1. The molecule has 3 aromatic heterocycles. The van der Waals surface area contributed by atoms with Crippen LogP contribution in [0, 0.1) is 13.8 Å². The molecule has 0 radical (unpaired) electrons. The highest BCUT2D eigenvalue weighted by Crippen LogP contribution is 2.25. The smallest absolute Gasteiger partial charge is 0.345 e. The van der Waals surface area contributed by atoms with Crippen LogP contribution in [0.1, 0.15) is 11.4 Å². The standard InChI is InChI=1S/C17H13N3O2S/c1-10-7-11(2)20(19-10)17-18-14(9-23-17)13-8-12-5-3-4-6-15(12)22-16(13)21/h3-9H,1-2H3. The molecule has 0 bridgehead atoms. The van der Waals surface area contributed by atoms with Crippen molar-refractivity contribution in [1.82, 2.24) is 14.8 Å². The van der Waals surface area contributed by atoms with Crippen molar-refractivity contribution >= 4 is 22.3 Å². The molecule has 0 spiro atoms. The Morgan fingerprint density at radius 1 is 1.17 bits per heavy atom. The summed E-state index contributed by atoms with van der Waals surface area (Å²) in [6.45, 7) is 3.92. The van der Waals surface area contributed by atoms with Crippen LogP contribution in [0.2, 0.25) is 0 Å². The lowest BCUT2D eigenvalue weighted by Crippen LogP contribution is -2.03. The SMILES string of the molecule is Cc1cc(C)n(-c2nc(-c3cc4ccccc4oc3=O)cs2)n1. The Morgan fingerprint density at radius 2 is 2.00 bits per heavy atom. The van der Waals surface area contributed by atoms with Crippen LogP contribution in [-0.4, -0.2) is 14.8 Å². The number of fused-ring (bicyclic) bond motifs is 1. The van der Waals surface area contributed by atoms with Crippen molar-refractivity contribution in [1.29, 1.82) is 0 Å². The maximum Gasteiger partial charge on any atom is 0.345 e. The van der Waals surface area contributed by atoms with E-state index in [0.29, 0.717) is 16.8 Å². The summed E-state index contributed by atoms with van der Waals surface area (Å²) in [5.41, 5.74) is 3.22. The van der Waals surface area contributed by atoms with Crippen LogP contribution in [0.3, 0.4) is 0 Å². The fraction of sp³-hybridized carbons (Fsp3) is 0.118. The Hall–Kier alpha value is -2.73. The van der Waals surface area contributed by atoms with E-state index in [2.05, 4.69) is 10.1 Å². The van der Waals surface area contributed by atoms with Gasteiger partial charge in [0.15, 0.2) is 0 Å². The summed E-state index contributed by atoms with van der Waals surface area (Å²) in [7, 11) is 0. The van der Waals surface area contributed by atoms with E-state index in [9.17, 15) is 4.79 Å². The molecule has 1 aromatic carbocycles. The maximum absolute atomic E-state index is 12.2. The van der Waals surface area contributed by atoms with E-state index in [0.717, 1.165) is 21.9 Å². The number of nitrogens with zero attached hydrogens (tertiary/aromatic N) is 3. The van der Waals surface area contributed by atoms with E-state index < -0.39 is 0 Å². The van der Waals surface area contributed by atoms with E-state index in [4.69, 9.17) is 4.42 Å². The number of benzene rings is 1. The summed E-state index contributed by atoms with van der Waals surface area (Å²) < 4.78 is 7.16. The molecule has 0 amide bonds. The largest absolute Gasteiger partial charge is 0.422 e. The molecule has 23 heavy (non-hydrogen) atoms. The summed E-state index contributed by atoms with van der Waals surface area (Å²) in [6, 6.07) is 11.3. The Kier molecular flexibility index (Phi) is 3.12. The molecule has 4 rings (SSSR count). The lowest BCUT2D eigenvalue weighted by atomic mass is 10.1. The van der Waals surface area contributed by atoms with Crippen molar-refractivity contribution in [3.63, 3.8) is 0 Å². The predicted octanol–water partition coefficient (Wildman–Crippen LogP) is 3.72. The van der Waals surface area contributed by atoms with Crippen LogP contribution in [0.25, 0.3) is 27.4 Å². The number of aromatic nitrogens is 3. The van der Waals surface area contributed by atoms with Gasteiger partial charge in [0.25, 0.3) is 0 Å². The lowest BCUT2D eigenvalue weighted by Gasteiger charge is -2.00. The van der Waals surface area contributed by atoms with Gasteiger partial charge in [-0.3, -0.25) is 0 Å². The minimum atomic E-state index is -0.381. The average Bonchev–Trinajstić information content (AvgIpc) is 3.13. The van der Waals surface area contributed by atoms with Crippen molar-refractivity contribution in [3.8, 4) is 16.4 Å². The van der Waals surface area contributed by atoms with E-state index in [1.54, 1.807) is 10.7 Å². The monoisotopic (exact) mass is 323 g/mol. The lowest BCUT2D eigenvalue weighted by molar-refractivity contribution is 0.563. The van der Waals surface area contributed by atoms with Crippen LogP contribution < -0.4 is 5.63 Å². The topological polar surface area (TPSA) is 60.9 Å². The zero-order valence-corrected chi connectivity index (χ0v) is 13.4. The molecule has 3 heterocycles. The molecular weight excluding hydrogens is 310 g/mol. The number of rotatable bonds is 2. The van der Waals surface area contributed by atoms with E-state index in [-0.39, 0.29) is 5.63 Å². The summed E-state index contributed by atoms with van der Waals surface area (Å²) in [5, 5.41) is 7.89. The minimum absolute atomic E-state index is 0.381. The molecule has 0 aliphatic carbocycles. The number of hydrogen-bond donors (Lipinski definition) is 0. The van der Waals surface area contributed by atoms with Crippen molar-refractivity contribution in [2.75, 3.05) is 0 Å². The zero-order chi connectivity index (χ0) is 16.0. The molecule has 0 fully saturated rings. The fourth-order valence-electron chi connectivity index (χ4n) is 2.55. The van der Waals surface area contributed by atoms with E-state index in [1.807, 2.05) is 49.6 Å². The molecule has 0 unspecified atom stereocenters. The van der Waals surface area contributed by atoms with Crippen LogP contribution >= 0.6 is 11.3 Å². The van der Waals surface area contributed by atoms with Gasteiger partial charge in [-0.1, -0.05) is 18.2 Å². The van der Waals surface area contributed by atoms with Gasteiger partial charge in [0.1, 0.15) is 5.58 Å². The van der Waals surface area contributed by atoms with Gasteiger partial charge in [0.2, 0.25) is 5.13 Å². The maximum atomic E-state index is 12.2. The van der Waals surface area contributed by atoms with Crippen molar-refractivity contribution in [2.45, 2.75) is 13.8 Å². The molecular formula is C17H13N3O2S. The Bertz CT molecular complexity index is 1070. The number of thiazole rings is 1. The third-order valence-electron chi connectivity index (χ3n) is 3.60. The molecule has 0 N–H and O–H groups in total. The van der Waals surface area contributed by atoms with Gasteiger partial charge in [-0.25, -0.2) is 14.5 Å². The van der Waals surface area contributed by atoms with Gasteiger partial charge in [0.05, 0.1) is 17.0 Å². The molecule has 0 atom stereocenters. The van der Waals surface area contributed by atoms with Crippen LogP contribution in [0.4, 0.5) is 0 Å². The highest BCUT2D eigenvalue weighted by molar-refractivity contribution is 7.12. The summed E-state index contributed by atoms with van der Waals surface area (Å²) in [4.78, 5) is 16.8. The van der Waals surface area contributed by atoms with E-state index in [1.165, 1.54) is 11.3 Å². The summed E-state index contributed by atoms with van der Waals surface area (Å²) in [5.74, 6) is 0.